The second-order valence-corrected chi connectivity index (χ2v) is 4.30. The van der Waals surface area contributed by atoms with Crippen molar-refractivity contribution in [3.05, 3.63) is 28.8 Å². The Morgan fingerprint density at radius 1 is 1.53 bits per heavy atom. The summed E-state index contributed by atoms with van der Waals surface area (Å²) in [6.07, 6.45) is -0.500. The molecule has 2 N–H and O–H groups in total. The maximum Gasteiger partial charge on any atom is 0.196 e. The van der Waals surface area contributed by atoms with E-state index < -0.39 is 6.10 Å². The predicted molar refractivity (Wildman–Crippen MR) is 59.8 cm³/mol. The summed E-state index contributed by atoms with van der Waals surface area (Å²) in [5, 5.41) is 21.5. The number of aliphatic hydroxyl groups excluding tert-OH is 1. The zero-order valence-corrected chi connectivity index (χ0v) is 9.77. The van der Waals surface area contributed by atoms with Gasteiger partial charge in [-0.15, -0.1) is 0 Å². The maximum absolute atomic E-state index is 9.95. The molecule has 3 rings (SSSR count). The van der Waals surface area contributed by atoms with Crippen molar-refractivity contribution in [1.29, 1.82) is 0 Å². The van der Waals surface area contributed by atoms with Crippen LogP contribution in [0.25, 0.3) is 5.82 Å². The third-order valence-electron chi connectivity index (χ3n) is 3.03. The monoisotopic (exact) mass is 234 g/mol. The molecular weight excluding hydrogens is 220 g/mol. The first-order valence-corrected chi connectivity index (χ1v) is 5.57. The van der Waals surface area contributed by atoms with Gasteiger partial charge >= 0.3 is 0 Å². The van der Waals surface area contributed by atoms with E-state index in [0.717, 1.165) is 22.7 Å². The summed E-state index contributed by atoms with van der Waals surface area (Å²) in [6, 6.07) is 1.82. The minimum absolute atomic E-state index is 0.500. The average Bonchev–Trinajstić information content (AvgIpc) is 2.84. The molecule has 2 aromatic heterocycles. The van der Waals surface area contributed by atoms with Crippen LogP contribution in [0.2, 0.25) is 0 Å². The molecule has 3 heterocycles. The number of fused-ring (bicyclic) bond motifs is 1. The van der Waals surface area contributed by atoms with Crippen molar-refractivity contribution in [1.82, 2.24) is 20.3 Å². The van der Waals surface area contributed by atoms with Crippen LogP contribution in [0.15, 0.2) is 10.6 Å². The molecule has 2 aromatic rings. The molecule has 0 aromatic carbocycles. The number of hydrogen-bond donors (Lipinski definition) is 2. The van der Waals surface area contributed by atoms with Crippen LogP contribution in [0, 0.1) is 13.8 Å². The molecule has 17 heavy (non-hydrogen) atoms. The van der Waals surface area contributed by atoms with Gasteiger partial charge in [-0.25, -0.2) is 4.68 Å². The van der Waals surface area contributed by atoms with E-state index >= 15 is 0 Å². The molecule has 0 radical (unpaired) electrons. The molecule has 0 spiro atoms. The molecule has 0 amide bonds. The molecule has 0 saturated carbocycles. The highest BCUT2D eigenvalue weighted by molar-refractivity contribution is 5.35. The first-order chi connectivity index (χ1) is 8.16. The van der Waals surface area contributed by atoms with E-state index in [1.807, 2.05) is 19.9 Å². The van der Waals surface area contributed by atoms with Crippen molar-refractivity contribution in [3.63, 3.8) is 0 Å². The Kier molecular flexibility index (Phi) is 2.27. The van der Waals surface area contributed by atoms with Gasteiger partial charge in [0.1, 0.15) is 5.76 Å². The number of aromatic nitrogens is 3. The topological polar surface area (TPSA) is 76.1 Å². The van der Waals surface area contributed by atoms with Gasteiger partial charge in [0.2, 0.25) is 0 Å². The second-order valence-electron chi connectivity index (χ2n) is 4.30. The highest BCUT2D eigenvalue weighted by Gasteiger charge is 2.25. The Morgan fingerprint density at radius 3 is 3.00 bits per heavy atom. The van der Waals surface area contributed by atoms with E-state index in [4.69, 9.17) is 4.52 Å². The van der Waals surface area contributed by atoms with Gasteiger partial charge in [-0.3, -0.25) is 0 Å². The number of aryl methyl sites for hydroxylation is 1. The standard InChI is InChI=1S/C11H14N4O2/c1-6-3-10(14-17-6)15-7(2)11-8(13-15)4-12-5-9(11)16/h3,9,12,16H,4-5H2,1-2H3. The third-order valence-corrected chi connectivity index (χ3v) is 3.03. The predicted octanol–water partition coefficient (Wildman–Crippen LogP) is 0.614. The highest BCUT2D eigenvalue weighted by atomic mass is 16.5. The normalized spacial score (nSPS) is 19.4. The van der Waals surface area contributed by atoms with Gasteiger partial charge in [0, 0.05) is 30.4 Å². The molecule has 1 aliphatic rings. The van der Waals surface area contributed by atoms with Crippen LogP contribution >= 0.6 is 0 Å². The second kappa shape index (κ2) is 3.68. The van der Waals surface area contributed by atoms with Crippen LogP contribution in [0.3, 0.4) is 0 Å². The van der Waals surface area contributed by atoms with Crippen LogP contribution in [-0.2, 0) is 6.54 Å². The van der Waals surface area contributed by atoms with Gasteiger partial charge in [-0.05, 0) is 13.8 Å². The molecule has 0 aliphatic carbocycles. The van der Waals surface area contributed by atoms with Crippen molar-refractivity contribution >= 4 is 0 Å². The van der Waals surface area contributed by atoms with Gasteiger partial charge in [0.25, 0.3) is 0 Å². The molecule has 1 atom stereocenters. The van der Waals surface area contributed by atoms with Crippen LogP contribution < -0.4 is 5.32 Å². The molecule has 1 unspecified atom stereocenters. The average molecular weight is 234 g/mol. The molecular formula is C11H14N4O2. The van der Waals surface area contributed by atoms with Crippen molar-refractivity contribution < 1.29 is 9.63 Å². The number of aliphatic hydroxyl groups is 1. The summed E-state index contributed by atoms with van der Waals surface area (Å²) in [4.78, 5) is 0. The van der Waals surface area contributed by atoms with Crippen molar-refractivity contribution in [2.24, 2.45) is 0 Å². The summed E-state index contributed by atoms with van der Waals surface area (Å²) < 4.78 is 6.76. The third kappa shape index (κ3) is 1.57. The molecule has 6 nitrogen and oxygen atoms in total. The number of nitrogens with one attached hydrogen (secondary N) is 1. The molecule has 0 fully saturated rings. The van der Waals surface area contributed by atoms with Crippen LogP contribution in [0.1, 0.15) is 28.8 Å². The van der Waals surface area contributed by atoms with Crippen LogP contribution in [0.5, 0.6) is 0 Å². The lowest BCUT2D eigenvalue weighted by Gasteiger charge is -2.18. The van der Waals surface area contributed by atoms with E-state index in [2.05, 4.69) is 15.6 Å². The summed E-state index contributed by atoms with van der Waals surface area (Å²) in [7, 11) is 0. The fourth-order valence-corrected chi connectivity index (χ4v) is 2.24. The molecule has 0 saturated heterocycles. The summed E-state index contributed by atoms with van der Waals surface area (Å²) >= 11 is 0. The minimum Gasteiger partial charge on any atom is -0.387 e. The lowest BCUT2D eigenvalue weighted by atomic mass is 10.0. The zero-order valence-electron chi connectivity index (χ0n) is 9.77. The van der Waals surface area contributed by atoms with Crippen LogP contribution in [-0.4, -0.2) is 26.6 Å². The maximum atomic E-state index is 9.95. The fraction of sp³-hybridized carbons (Fsp3) is 0.455. The number of β-amino-alcohol motifs (C(OH)–C–C–N with tert-alkyl or cyclic N) is 1. The molecule has 0 bridgehead atoms. The van der Waals surface area contributed by atoms with Gasteiger partial charge in [0.05, 0.1) is 11.8 Å². The molecule has 90 valence electrons. The quantitative estimate of drug-likeness (QED) is 0.756. The Balaban J connectivity index is 2.13. The Hall–Kier alpha value is -1.66. The van der Waals surface area contributed by atoms with E-state index in [9.17, 15) is 5.11 Å². The summed E-state index contributed by atoms with van der Waals surface area (Å²) in [5.41, 5.74) is 2.70. The summed E-state index contributed by atoms with van der Waals surface area (Å²) in [5.74, 6) is 1.40. The van der Waals surface area contributed by atoms with E-state index in [0.29, 0.717) is 18.9 Å². The fourth-order valence-electron chi connectivity index (χ4n) is 2.24. The smallest absolute Gasteiger partial charge is 0.196 e. The SMILES string of the molecule is Cc1cc(-n2nc3c(c2C)C(O)CNC3)no1. The summed E-state index contributed by atoms with van der Waals surface area (Å²) in [6.45, 7) is 5.02. The molecule has 1 aliphatic heterocycles. The number of rotatable bonds is 1. The van der Waals surface area contributed by atoms with E-state index in [-0.39, 0.29) is 0 Å². The van der Waals surface area contributed by atoms with Crippen molar-refractivity contribution in [2.75, 3.05) is 6.54 Å². The number of hydrogen-bond acceptors (Lipinski definition) is 5. The number of nitrogens with zero attached hydrogens (tertiary/aromatic N) is 3. The van der Waals surface area contributed by atoms with Crippen molar-refractivity contribution in [2.45, 2.75) is 26.5 Å². The van der Waals surface area contributed by atoms with E-state index in [1.165, 1.54) is 0 Å². The van der Waals surface area contributed by atoms with Gasteiger partial charge < -0.3 is 14.9 Å². The first kappa shape index (κ1) is 10.5. The Labute approximate surface area is 98.2 Å². The largest absolute Gasteiger partial charge is 0.387 e. The molecule has 6 heteroatoms. The van der Waals surface area contributed by atoms with E-state index in [1.54, 1.807) is 4.68 Å². The highest BCUT2D eigenvalue weighted by Crippen LogP contribution is 2.26. The van der Waals surface area contributed by atoms with Gasteiger partial charge in [0.15, 0.2) is 5.82 Å². The zero-order chi connectivity index (χ0) is 12.0. The van der Waals surface area contributed by atoms with Crippen LogP contribution in [0.4, 0.5) is 0 Å². The lowest BCUT2D eigenvalue weighted by Crippen LogP contribution is -2.27. The van der Waals surface area contributed by atoms with Gasteiger partial charge in [-0.2, -0.15) is 5.10 Å². The first-order valence-electron chi connectivity index (χ1n) is 5.57. The van der Waals surface area contributed by atoms with Crippen molar-refractivity contribution in [3.8, 4) is 5.82 Å². The Bertz CT molecular complexity index is 558. The van der Waals surface area contributed by atoms with Gasteiger partial charge in [-0.1, -0.05) is 5.16 Å². The Morgan fingerprint density at radius 2 is 2.35 bits per heavy atom. The lowest BCUT2D eigenvalue weighted by molar-refractivity contribution is 0.164. The minimum atomic E-state index is -0.500.